The number of ketones is 1. The molecule has 2 heterocycles. The molecule has 13 heteroatoms. The molecule has 0 fully saturated rings. The number of nitrogens with zero attached hydrogens (tertiary/aromatic N) is 1. The summed E-state index contributed by atoms with van der Waals surface area (Å²) >= 11 is 0. The Kier molecular flexibility index (Phi) is 9.46. The fourth-order valence-corrected chi connectivity index (χ4v) is 4.33. The van der Waals surface area contributed by atoms with Crippen LogP contribution in [-0.4, -0.2) is 58.3 Å². The van der Waals surface area contributed by atoms with Gasteiger partial charge in [0.1, 0.15) is 23.7 Å². The normalized spacial score (nSPS) is 10.8. The number of amides is 1. The lowest BCUT2D eigenvalue weighted by atomic mass is 10.0. The number of methoxy groups -OCH3 is 3. The van der Waals surface area contributed by atoms with Crippen molar-refractivity contribution < 1.29 is 41.7 Å². The Morgan fingerprint density at radius 1 is 1.02 bits per heavy atom. The van der Waals surface area contributed by atoms with Crippen molar-refractivity contribution in [3.05, 3.63) is 71.6 Å². The van der Waals surface area contributed by atoms with Gasteiger partial charge in [0, 0.05) is 31.7 Å². The Balaban J connectivity index is 1.76. The zero-order valence-electron chi connectivity index (χ0n) is 24.1. The summed E-state index contributed by atoms with van der Waals surface area (Å²) in [6.45, 7) is 6.00. The average Bonchev–Trinajstić information content (AvgIpc) is 3.37. The van der Waals surface area contributed by atoms with Crippen LogP contribution in [0.1, 0.15) is 21.7 Å². The van der Waals surface area contributed by atoms with Crippen molar-refractivity contribution in [2.75, 3.05) is 57.5 Å². The van der Waals surface area contributed by atoms with E-state index in [2.05, 4.69) is 27.5 Å². The minimum absolute atomic E-state index is 0.171. The fraction of sp³-hybridized carbons (Fsp3) is 0.233. The molecule has 4 rings (SSSR count). The zero-order chi connectivity index (χ0) is 31.3. The van der Waals surface area contributed by atoms with Crippen LogP contribution in [0.3, 0.4) is 0 Å². The monoisotopic (exact) mass is 596 g/mol. The van der Waals surface area contributed by atoms with Crippen molar-refractivity contribution in [3.8, 4) is 17.2 Å². The lowest BCUT2D eigenvalue weighted by Gasteiger charge is -2.17. The molecule has 0 atom stereocenters. The number of halogens is 2. The van der Waals surface area contributed by atoms with E-state index in [9.17, 15) is 9.59 Å². The Morgan fingerprint density at radius 3 is 2.33 bits per heavy atom. The van der Waals surface area contributed by atoms with Crippen molar-refractivity contribution in [2.24, 2.45) is 0 Å². The van der Waals surface area contributed by atoms with Crippen molar-refractivity contribution in [3.63, 3.8) is 0 Å². The number of fused-ring (bicyclic) bond motifs is 1. The zero-order valence-corrected chi connectivity index (χ0v) is 24.1. The highest BCUT2D eigenvalue weighted by molar-refractivity contribution is 6.15. The number of rotatable bonds is 13. The molecule has 1 amide bonds. The molecule has 226 valence electrons. The first-order valence-corrected chi connectivity index (χ1v) is 12.9. The average molecular weight is 597 g/mol. The summed E-state index contributed by atoms with van der Waals surface area (Å²) in [6.07, 6.45) is 2.49. The molecule has 0 radical (unpaired) electrons. The molecule has 0 spiro atoms. The Morgan fingerprint density at radius 2 is 1.72 bits per heavy atom. The molecule has 0 saturated heterocycles. The highest BCUT2D eigenvalue weighted by Crippen LogP contribution is 2.39. The third kappa shape index (κ3) is 6.21. The van der Waals surface area contributed by atoms with Gasteiger partial charge in [0.15, 0.2) is 34.5 Å². The van der Waals surface area contributed by atoms with Crippen LogP contribution in [0.25, 0.3) is 11.0 Å². The maximum absolute atomic E-state index is 15.1. The van der Waals surface area contributed by atoms with E-state index in [1.807, 2.05) is 6.92 Å². The van der Waals surface area contributed by atoms with Gasteiger partial charge in [0.05, 0.1) is 44.1 Å². The topological polar surface area (TPSA) is 133 Å². The van der Waals surface area contributed by atoms with E-state index in [1.54, 1.807) is 25.3 Å². The number of benzene rings is 2. The summed E-state index contributed by atoms with van der Waals surface area (Å²) in [5.41, 5.74) is 1.07. The number of aryl methyl sites for hydroxylation is 1. The van der Waals surface area contributed by atoms with Gasteiger partial charge < -0.3 is 39.3 Å². The predicted molar refractivity (Wildman–Crippen MR) is 157 cm³/mol. The second-order valence-electron chi connectivity index (χ2n) is 9.06. The molecule has 4 aromatic rings. The SMILES string of the molecule is C=CC(=O)Nc1cc(OCCOC)cc(C)c1Nc1cc2c(NC)c(C(=O)c3c(F)c(OC)cc(OC)c3F)oc2cn1. The first kappa shape index (κ1) is 30.8. The molecule has 0 bridgehead atoms. The van der Waals surface area contributed by atoms with Gasteiger partial charge in [-0.2, -0.15) is 0 Å². The molecular weight excluding hydrogens is 566 g/mol. The number of ether oxygens (including phenoxy) is 4. The molecule has 3 N–H and O–H groups in total. The maximum atomic E-state index is 15.1. The first-order chi connectivity index (χ1) is 20.7. The second-order valence-corrected chi connectivity index (χ2v) is 9.06. The van der Waals surface area contributed by atoms with Crippen LogP contribution in [0.4, 0.5) is 31.7 Å². The van der Waals surface area contributed by atoms with Gasteiger partial charge in [0.25, 0.3) is 0 Å². The molecule has 2 aromatic heterocycles. The van der Waals surface area contributed by atoms with Crippen molar-refractivity contribution in [1.29, 1.82) is 0 Å². The Hall–Kier alpha value is -5.17. The molecule has 11 nitrogen and oxygen atoms in total. The second kappa shape index (κ2) is 13.2. The van der Waals surface area contributed by atoms with Crippen LogP contribution in [0, 0.1) is 18.6 Å². The lowest BCUT2D eigenvalue weighted by molar-refractivity contribution is -0.111. The van der Waals surface area contributed by atoms with Crippen molar-refractivity contribution >= 4 is 45.5 Å². The summed E-state index contributed by atoms with van der Waals surface area (Å²) in [5, 5.41) is 9.20. The third-order valence-corrected chi connectivity index (χ3v) is 6.39. The third-order valence-electron chi connectivity index (χ3n) is 6.39. The van der Waals surface area contributed by atoms with Gasteiger partial charge in [0.2, 0.25) is 11.7 Å². The van der Waals surface area contributed by atoms with Crippen LogP contribution in [0.5, 0.6) is 17.2 Å². The van der Waals surface area contributed by atoms with Crippen molar-refractivity contribution in [2.45, 2.75) is 6.92 Å². The van der Waals surface area contributed by atoms with E-state index >= 15 is 8.78 Å². The van der Waals surface area contributed by atoms with E-state index in [1.165, 1.54) is 27.5 Å². The van der Waals surface area contributed by atoms with Crippen LogP contribution in [-0.2, 0) is 9.53 Å². The van der Waals surface area contributed by atoms with E-state index in [4.69, 9.17) is 23.4 Å². The van der Waals surface area contributed by atoms with E-state index in [-0.39, 0.29) is 28.5 Å². The number of carbonyl (C=O) groups is 2. The number of carbonyl (C=O) groups excluding carboxylic acids is 2. The standard InChI is InChI=1S/C30H30F2N4O7/c1-7-23(37)35-18-11-16(42-9-8-39-4)10-15(2)27(18)36-22-12-17-21(14-34-22)43-30(28(17)33-3)29(38)24-25(31)19(40-5)13-20(41-6)26(24)32/h7,10-14,33H,1,8-9H2,2-6H3,(H,34,36)(H,35,37). The number of pyridine rings is 1. The Labute approximate surface area is 245 Å². The maximum Gasteiger partial charge on any atom is 0.247 e. The van der Waals surface area contributed by atoms with Gasteiger partial charge in [-0.15, -0.1) is 0 Å². The fourth-order valence-electron chi connectivity index (χ4n) is 4.33. The lowest BCUT2D eigenvalue weighted by Crippen LogP contribution is -2.11. The minimum Gasteiger partial charge on any atom is -0.494 e. The highest BCUT2D eigenvalue weighted by Gasteiger charge is 2.31. The van der Waals surface area contributed by atoms with Gasteiger partial charge in [-0.05, 0) is 30.7 Å². The van der Waals surface area contributed by atoms with Crippen LogP contribution < -0.4 is 30.2 Å². The predicted octanol–water partition coefficient (Wildman–Crippen LogP) is 5.60. The summed E-state index contributed by atoms with van der Waals surface area (Å²) in [4.78, 5) is 30.0. The summed E-state index contributed by atoms with van der Waals surface area (Å²) in [7, 11) is 5.46. The molecular formula is C30H30F2N4O7. The minimum atomic E-state index is -1.20. The molecule has 0 aliphatic rings. The van der Waals surface area contributed by atoms with E-state index in [0.29, 0.717) is 47.1 Å². The largest absolute Gasteiger partial charge is 0.494 e. The number of nitrogens with one attached hydrogen (secondary N) is 3. The summed E-state index contributed by atoms with van der Waals surface area (Å²) in [5.74, 6) is -4.19. The van der Waals surface area contributed by atoms with Gasteiger partial charge in [-0.3, -0.25) is 9.59 Å². The van der Waals surface area contributed by atoms with Gasteiger partial charge >= 0.3 is 0 Å². The molecule has 0 unspecified atom stereocenters. The first-order valence-electron chi connectivity index (χ1n) is 12.9. The molecule has 0 saturated carbocycles. The number of furan rings is 1. The van der Waals surface area contributed by atoms with Gasteiger partial charge in [-0.1, -0.05) is 6.58 Å². The van der Waals surface area contributed by atoms with Crippen LogP contribution in [0.15, 0.2) is 47.5 Å². The summed E-state index contributed by atoms with van der Waals surface area (Å²) < 4.78 is 56.6. The van der Waals surface area contributed by atoms with Crippen molar-refractivity contribution in [1.82, 2.24) is 4.98 Å². The van der Waals surface area contributed by atoms with E-state index in [0.717, 1.165) is 12.1 Å². The number of hydrogen-bond acceptors (Lipinski definition) is 10. The smallest absolute Gasteiger partial charge is 0.247 e. The number of aromatic nitrogens is 1. The molecule has 43 heavy (non-hydrogen) atoms. The van der Waals surface area contributed by atoms with E-state index < -0.39 is 28.9 Å². The number of anilines is 4. The quantitative estimate of drug-likeness (QED) is 0.102. The molecule has 0 aliphatic heterocycles. The molecule has 2 aromatic carbocycles. The highest BCUT2D eigenvalue weighted by atomic mass is 19.1. The van der Waals surface area contributed by atoms with Gasteiger partial charge in [-0.25, -0.2) is 13.8 Å². The van der Waals surface area contributed by atoms with Crippen LogP contribution >= 0.6 is 0 Å². The Bertz CT molecular complexity index is 1680. The summed E-state index contributed by atoms with van der Waals surface area (Å²) in [6, 6.07) is 6.01. The van der Waals surface area contributed by atoms with Crippen LogP contribution in [0.2, 0.25) is 0 Å². The molecule has 0 aliphatic carbocycles. The number of hydrogen-bond donors (Lipinski definition) is 3.